The highest BCUT2D eigenvalue weighted by Crippen LogP contribution is 2.34. The molecule has 206 valence electrons. The number of H-pyrrole nitrogens is 1. The van der Waals surface area contributed by atoms with Crippen LogP contribution in [0.2, 0.25) is 0 Å². The number of carbonyl (C=O) groups is 2. The summed E-state index contributed by atoms with van der Waals surface area (Å²) in [4.78, 5) is 37.1. The lowest BCUT2D eigenvalue weighted by Gasteiger charge is -2.32. The Morgan fingerprint density at radius 3 is 2.34 bits per heavy atom. The number of hydrogen-bond acceptors (Lipinski definition) is 6. The van der Waals surface area contributed by atoms with E-state index in [2.05, 4.69) is 20.6 Å². The first-order valence-corrected chi connectivity index (χ1v) is 11.8. The molecule has 0 aliphatic heterocycles. The van der Waals surface area contributed by atoms with E-state index in [9.17, 15) is 22.8 Å². The van der Waals surface area contributed by atoms with Crippen molar-refractivity contribution in [3.8, 4) is 0 Å². The number of alkyl halides is 3. The Hall–Kier alpha value is -3.80. The second kappa shape index (κ2) is 10.9. The Bertz CT molecular complexity index is 1300. The first-order chi connectivity index (χ1) is 17.6. The quantitative estimate of drug-likeness (QED) is 0.270. The molecule has 0 radical (unpaired) electrons. The number of urea groups is 1. The van der Waals surface area contributed by atoms with Crippen molar-refractivity contribution >= 4 is 29.0 Å². The molecule has 12 heteroatoms. The second-order valence-electron chi connectivity index (χ2n) is 10.1. The highest BCUT2D eigenvalue weighted by molar-refractivity contribution is 5.82. The molecule has 9 nitrogen and oxygen atoms in total. The van der Waals surface area contributed by atoms with Crippen molar-refractivity contribution in [1.29, 1.82) is 0 Å². The number of aromatic nitrogens is 2. The molecule has 1 aromatic heterocycles. The number of para-hydroxylation sites is 1. The molecule has 3 N–H and O–H groups in total. The number of hydrogen-bond donors (Lipinski definition) is 3. The third-order valence-corrected chi connectivity index (χ3v) is 5.91. The number of nitrogens with one attached hydrogen (secondary N) is 3. The van der Waals surface area contributed by atoms with Gasteiger partial charge in [-0.1, -0.05) is 24.3 Å². The summed E-state index contributed by atoms with van der Waals surface area (Å²) in [5.74, 6) is -0.249. The molecule has 3 rings (SSSR count). The van der Waals surface area contributed by atoms with Gasteiger partial charge >= 0.3 is 18.2 Å². The first-order valence-electron chi connectivity index (χ1n) is 11.8. The van der Waals surface area contributed by atoms with Crippen LogP contribution >= 0.6 is 0 Å². The van der Waals surface area contributed by atoms with Gasteiger partial charge in [0.25, 0.3) is 0 Å². The van der Waals surface area contributed by atoms with E-state index in [0.29, 0.717) is 16.6 Å². The largest absolute Gasteiger partial charge is 0.462 e. The summed E-state index contributed by atoms with van der Waals surface area (Å²) >= 11 is 0. The monoisotopic (exact) mass is 535 g/mol. The average molecular weight is 536 g/mol. The van der Waals surface area contributed by atoms with Crippen LogP contribution in [0.1, 0.15) is 44.4 Å². The Morgan fingerprint density at radius 1 is 1.05 bits per heavy atom. The van der Waals surface area contributed by atoms with Gasteiger partial charge in [-0.2, -0.15) is 13.2 Å². The van der Waals surface area contributed by atoms with Crippen LogP contribution in [-0.4, -0.2) is 47.8 Å². The molecule has 1 atom stereocenters. The van der Waals surface area contributed by atoms with Crippen LogP contribution in [-0.2, 0) is 32.6 Å². The van der Waals surface area contributed by atoms with E-state index < -0.39 is 34.7 Å². The molecule has 0 saturated heterocycles. The predicted molar refractivity (Wildman–Crippen MR) is 136 cm³/mol. The van der Waals surface area contributed by atoms with Gasteiger partial charge in [-0.3, -0.25) is 9.63 Å². The Balaban J connectivity index is 1.95. The molecular weight excluding hydrogens is 503 g/mol. The standard InChI is InChI=1S/C26H32F3N5O4/c1-24(2,3)21(35)38-15-25(4,17-10-8-11-18(13-17)26(27,28)29)33-22-31-19-12-7-9-16(20(19)32-22)14-30-23(36)34(5)37-6/h7-13H,14-15H2,1-6H3,(H,30,36)(H2,31,32,33). The number of imidazole rings is 1. The maximum absolute atomic E-state index is 13.5. The number of carbonyl (C=O) groups excluding carboxylic acids is 2. The van der Waals surface area contributed by atoms with Crippen molar-refractivity contribution in [3.63, 3.8) is 0 Å². The number of esters is 1. The molecule has 1 unspecified atom stereocenters. The van der Waals surface area contributed by atoms with Crippen LogP contribution in [0, 0.1) is 5.41 Å². The molecule has 0 saturated carbocycles. The minimum absolute atomic E-state index is 0.155. The number of anilines is 1. The van der Waals surface area contributed by atoms with Gasteiger partial charge in [0, 0.05) is 13.6 Å². The third-order valence-electron chi connectivity index (χ3n) is 5.91. The van der Waals surface area contributed by atoms with Crippen molar-refractivity contribution < 1.29 is 32.3 Å². The zero-order valence-corrected chi connectivity index (χ0v) is 22.1. The number of benzene rings is 2. The van der Waals surface area contributed by atoms with E-state index in [1.807, 2.05) is 0 Å². The van der Waals surface area contributed by atoms with Crippen LogP contribution in [0.3, 0.4) is 0 Å². The van der Waals surface area contributed by atoms with Gasteiger partial charge in [-0.05, 0) is 57.0 Å². The van der Waals surface area contributed by atoms with Gasteiger partial charge in [0.2, 0.25) is 5.95 Å². The summed E-state index contributed by atoms with van der Waals surface area (Å²) in [6.45, 7) is 6.60. The van der Waals surface area contributed by atoms with E-state index in [-0.39, 0.29) is 24.7 Å². The lowest BCUT2D eigenvalue weighted by molar-refractivity contribution is -0.154. The van der Waals surface area contributed by atoms with Crippen LogP contribution in [0.4, 0.5) is 23.9 Å². The number of nitrogens with zero attached hydrogens (tertiary/aromatic N) is 2. The fraction of sp³-hybridized carbons (Fsp3) is 0.423. The van der Waals surface area contributed by atoms with Crippen LogP contribution in [0.25, 0.3) is 11.0 Å². The molecule has 0 bridgehead atoms. The van der Waals surface area contributed by atoms with Gasteiger partial charge in [0.15, 0.2) is 0 Å². The van der Waals surface area contributed by atoms with Crippen molar-refractivity contribution in [2.45, 2.75) is 46.0 Å². The molecule has 1 heterocycles. The number of halogens is 3. The SMILES string of the molecule is CON(C)C(=O)NCc1cccc2[nH]c(NC(C)(COC(=O)C(C)(C)C)c3cccc(C(F)(F)F)c3)nc12. The summed E-state index contributed by atoms with van der Waals surface area (Å²) in [5.41, 5.74) is -0.760. The summed E-state index contributed by atoms with van der Waals surface area (Å²) in [5, 5.41) is 6.89. The normalized spacial score (nSPS) is 13.6. The smallest absolute Gasteiger partial charge is 0.416 e. The zero-order chi connectivity index (χ0) is 28.3. The van der Waals surface area contributed by atoms with E-state index in [0.717, 1.165) is 17.2 Å². The van der Waals surface area contributed by atoms with Crippen molar-refractivity contribution in [1.82, 2.24) is 20.3 Å². The molecule has 2 amide bonds. The van der Waals surface area contributed by atoms with E-state index >= 15 is 0 Å². The number of hydroxylamine groups is 2. The van der Waals surface area contributed by atoms with E-state index in [1.54, 1.807) is 45.9 Å². The molecule has 2 aromatic carbocycles. The van der Waals surface area contributed by atoms with Crippen LogP contribution in [0.5, 0.6) is 0 Å². The average Bonchev–Trinajstić information content (AvgIpc) is 3.26. The number of aromatic amines is 1. The lowest BCUT2D eigenvalue weighted by atomic mass is 9.91. The second-order valence-corrected chi connectivity index (χ2v) is 10.1. The first kappa shape index (κ1) is 28.8. The predicted octanol–water partition coefficient (Wildman–Crippen LogP) is 5.20. The number of fused-ring (bicyclic) bond motifs is 1. The lowest BCUT2D eigenvalue weighted by Crippen LogP contribution is -2.40. The van der Waals surface area contributed by atoms with E-state index in [1.165, 1.54) is 26.3 Å². The molecule has 38 heavy (non-hydrogen) atoms. The molecule has 0 spiro atoms. The van der Waals surface area contributed by atoms with E-state index in [4.69, 9.17) is 9.57 Å². The fourth-order valence-corrected chi connectivity index (χ4v) is 3.58. The van der Waals surface area contributed by atoms with Gasteiger partial charge in [0.05, 0.1) is 34.7 Å². The zero-order valence-electron chi connectivity index (χ0n) is 22.1. The van der Waals surface area contributed by atoms with Crippen LogP contribution < -0.4 is 10.6 Å². The van der Waals surface area contributed by atoms with Gasteiger partial charge in [-0.15, -0.1) is 0 Å². The highest BCUT2D eigenvalue weighted by atomic mass is 19.4. The van der Waals surface area contributed by atoms with Crippen molar-refractivity contribution in [3.05, 3.63) is 59.2 Å². The minimum Gasteiger partial charge on any atom is -0.462 e. The van der Waals surface area contributed by atoms with Gasteiger partial charge in [-0.25, -0.2) is 14.8 Å². The van der Waals surface area contributed by atoms with Gasteiger partial charge < -0.3 is 20.4 Å². The molecule has 0 fully saturated rings. The fourth-order valence-electron chi connectivity index (χ4n) is 3.58. The molecule has 0 aliphatic carbocycles. The summed E-state index contributed by atoms with van der Waals surface area (Å²) < 4.78 is 46.0. The number of rotatable bonds is 8. The maximum Gasteiger partial charge on any atom is 0.416 e. The highest BCUT2D eigenvalue weighted by Gasteiger charge is 2.36. The van der Waals surface area contributed by atoms with Crippen molar-refractivity contribution in [2.24, 2.45) is 5.41 Å². The molecule has 0 aliphatic rings. The number of amides is 2. The Morgan fingerprint density at radius 2 is 1.71 bits per heavy atom. The Kier molecular flexibility index (Phi) is 8.25. The summed E-state index contributed by atoms with van der Waals surface area (Å²) in [7, 11) is 2.83. The van der Waals surface area contributed by atoms with Crippen LogP contribution in [0.15, 0.2) is 42.5 Å². The number of ether oxygens (including phenoxy) is 1. The Labute approximate surface area is 218 Å². The molecule has 3 aromatic rings. The topological polar surface area (TPSA) is 109 Å². The summed E-state index contributed by atoms with van der Waals surface area (Å²) in [6.07, 6.45) is -4.55. The maximum atomic E-state index is 13.5. The van der Waals surface area contributed by atoms with Gasteiger partial charge in [0.1, 0.15) is 6.61 Å². The summed E-state index contributed by atoms with van der Waals surface area (Å²) in [6, 6.07) is 9.74. The molecular formula is C26H32F3N5O4. The van der Waals surface area contributed by atoms with Crippen molar-refractivity contribution in [2.75, 3.05) is 26.1 Å². The minimum atomic E-state index is -4.55. The third kappa shape index (κ3) is 6.74.